The average Bonchev–Trinajstić information content (AvgIpc) is 3.00. The molecule has 0 unspecified atom stereocenters. The van der Waals surface area contributed by atoms with Crippen molar-refractivity contribution >= 4 is 22.4 Å². The predicted octanol–water partition coefficient (Wildman–Crippen LogP) is 5.50. The van der Waals surface area contributed by atoms with Crippen molar-refractivity contribution < 1.29 is 4.79 Å². The van der Waals surface area contributed by atoms with E-state index < -0.39 is 0 Å². The summed E-state index contributed by atoms with van der Waals surface area (Å²) in [4.78, 5) is 16.4. The Balaban J connectivity index is 1.72. The molecule has 3 nitrogen and oxygen atoms in total. The summed E-state index contributed by atoms with van der Waals surface area (Å²) in [5.41, 5.74) is 2.00. The minimum absolute atomic E-state index is 0.0736. The average molecular weight is 316 g/mol. The molecule has 1 N–H and O–H groups in total. The standard InChI is InChI=1S/C18H24N2OS/c1-2-3-4-5-6-10-13-17(21)20-18-19-16(14-22-18)15-11-8-7-9-12-15/h7-9,11-12,14H,2-6,10,13H2,1H3,(H,19,20,21). The minimum Gasteiger partial charge on any atom is -0.302 e. The molecule has 0 saturated carbocycles. The zero-order valence-corrected chi connectivity index (χ0v) is 14.0. The van der Waals surface area contributed by atoms with Crippen LogP contribution >= 0.6 is 11.3 Å². The fourth-order valence-corrected chi connectivity index (χ4v) is 3.06. The van der Waals surface area contributed by atoms with Gasteiger partial charge in [-0.3, -0.25) is 4.79 Å². The van der Waals surface area contributed by atoms with Gasteiger partial charge in [0.25, 0.3) is 0 Å². The maximum atomic E-state index is 11.9. The second-order valence-corrected chi connectivity index (χ2v) is 6.33. The van der Waals surface area contributed by atoms with Gasteiger partial charge >= 0.3 is 0 Å². The lowest BCUT2D eigenvalue weighted by Crippen LogP contribution is -2.10. The van der Waals surface area contributed by atoms with Crippen molar-refractivity contribution in [3.05, 3.63) is 35.7 Å². The van der Waals surface area contributed by atoms with E-state index in [1.165, 1.54) is 37.0 Å². The van der Waals surface area contributed by atoms with Gasteiger partial charge < -0.3 is 5.32 Å². The van der Waals surface area contributed by atoms with Crippen LogP contribution in [0, 0.1) is 0 Å². The highest BCUT2D eigenvalue weighted by atomic mass is 32.1. The minimum atomic E-state index is 0.0736. The first-order chi connectivity index (χ1) is 10.8. The Kier molecular flexibility index (Phi) is 7.10. The maximum absolute atomic E-state index is 11.9. The van der Waals surface area contributed by atoms with Gasteiger partial charge in [0, 0.05) is 17.4 Å². The van der Waals surface area contributed by atoms with Crippen LogP contribution in [-0.4, -0.2) is 10.9 Å². The number of anilines is 1. The second kappa shape index (κ2) is 9.36. The molecule has 4 heteroatoms. The lowest BCUT2D eigenvalue weighted by molar-refractivity contribution is -0.116. The van der Waals surface area contributed by atoms with Crippen LogP contribution in [0.3, 0.4) is 0 Å². The van der Waals surface area contributed by atoms with Gasteiger partial charge in [0.05, 0.1) is 5.69 Å². The smallest absolute Gasteiger partial charge is 0.226 e. The number of carbonyl (C=O) groups excluding carboxylic acids is 1. The van der Waals surface area contributed by atoms with E-state index in [0.717, 1.165) is 24.1 Å². The third kappa shape index (κ3) is 5.60. The summed E-state index contributed by atoms with van der Waals surface area (Å²) in [7, 11) is 0. The van der Waals surface area contributed by atoms with E-state index in [-0.39, 0.29) is 5.91 Å². The fraction of sp³-hybridized carbons (Fsp3) is 0.444. The molecule has 2 aromatic rings. The van der Waals surface area contributed by atoms with Crippen molar-refractivity contribution in [2.75, 3.05) is 5.32 Å². The Morgan fingerprint density at radius 1 is 1.09 bits per heavy atom. The van der Waals surface area contributed by atoms with Crippen LogP contribution in [-0.2, 0) is 4.79 Å². The van der Waals surface area contributed by atoms with Gasteiger partial charge in [0.2, 0.25) is 5.91 Å². The lowest BCUT2D eigenvalue weighted by Gasteiger charge is -2.02. The van der Waals surface area contributed by atoms with E-state index in [9.17, 15) is 4.79 Å². The Morgan fingerprint density at radius 2 is 1.82 bits per heavy atom. The molecule has 1 aromatic carbocycles. The summed E-state index contributed by atoms with van der Waals surface area (Å²) in [6.07, 6.45) is 7.77. The molecule has 0 radical (unpaired) electrons. The highest BCUT2D eigenvalue weighted by Crippen LogP contribution is 2.24. The Hall–Kier alpha value is -1.68. The Bertz CT molecular complexity index is 565. The largest absolute Gasteiger partial charge is 0.302 e. The number of hydrogen-bond donors (Lipinski definition) is 1. The van der Waals surface area contributed by atoms with Crippen LogP contribution in [0.4, 0.5) is 5.13 Å². The molecule has 0 bridgehead atoms. The van der Waals surface area contributed by atoms with Crippen LogP contribution in [0.2, 0.25) is 0 Å². The Morgan fingerprint density at radius 3 is 2.59 bits per heavy atom. The van der Waals surface area contributed by atoms with E-state index in [1.807, 2.05) is 35.7 Å². The van der Waals surface area contributed by atoms with Crippen LogP contribution in [0.25, 0.3) is 11.3 Å². The third-order valence-corrected chi connectivity index (χ3v) is 4.34. The van der Waals surface area contributed by atoms with E-state index >= 15 is 0 Å². The van der Waals surface area contributed by atoms with Gasteiger partial charge in [-0.1, -0.05) is 69.4 Å². The number of thiazole rings is 1. The maximum Gasteiger partial charge on any atom is 0.226 e. The molecule has 1 amide bonds. The number of rotatable bonds is 9. The second-order valence-electron chi connectivity index (χ2n) is 5.47. The number of hydrogen-bond acceptors (Lipinski definition) is 3. The number of benzene rings is 1. The van der Waals surface area contributed by atoms with Gasteiger partial charge in [0.15, 0.2) is 5.13 Å². The first-order valence-electron chi connectivity index (χ1n) is 8.10. The van der Waals surface area contributed by atoms with Crippen molar-refractivity contribution in [1.82, 2.24) is 4.98 Å². The molecule has 1 aromatic heterocycles. The molecule has 0 spiro atoms. The van der Waals surface area contributed by atoms with Crippen molar-refractivity contribution in [3.63, 3.8) is 0 Å². The molecule has 2 rings (SSSR count). The van der Waals surface area contributed by atoms with Crippen LogP contribution in [0.5, 0.6) is 0 Å². The quantitative estimate of drug-likeness (QED) is 0.621. The monoisotopic (exact) mass is 316 g/mol. The molecule has 0 aliphatic heterocycles. The summed E-state index contributed by atoms with van der Waals surface area (Å²) in [6.45, 7) is 2.21. The topological polar surface area (TPSA) is 42.0 Å². The van der Waals surface area contributed by atoms with Gasteiger partial charge in [0.1, 0.15) is 0 Å². The number of nitrogens with one attached hydrogen (secondary N) is 1. The summed E-state index contributed by atoms with van der Waals surface area (Å²) in [6, 6.07) is 10.0. The first kappa shape index (κ1) is 16.7. The molecule has 0 aliphatic rings. The van der Waals surface area contributed by atoms with Gasteiger partial charge in [-0.05, 0) is 6.42 Å². The van der Waals surface area contributed by atoms with E-state index in [1.54, 1.807) is 0 Å². The molecule has 0 atom stereocenters. The van der Waals surface area contributed by atoms with Crippen LogP contribution in [0.15, 0.2) is 35.7 Å². The SMILES string of the molecule is CCCCCCCCC(=O)Nc1nc(-c2ccccc2)cs1. The highest BCUT2D eigenvalue weighted by molar-refractivity contribution is 7.14. The molecule has 22 heavy (non-hydrogen) atoms. The van der Waals surface area contributed by atoms with Crippen LogP contribution in [0.1, 0.15) is 51.9 Å². The van der Waals surface area contributed by atoms with Crippen molar-refractivity contribution in [1.29, 1.82) is 0 Å². The van der Waals surface area contributed by atoms with Crippen molar-refractivity contribution in [2.24, 2.45) is 0 Å². The number of amides is 1. The van der Waals surface area contributed by atoms with E-state index in [2.05, 4.69) is 17.2 Å². The predicted molar refractivity (Wildman–Crippen MR) is 94.2 cm³/mol. The first-order valence-corrected chi connectivity index (χ1v) is 8.98. The number of unbranched alkanes of at least 4 members (excludes halogenated alkanes) is 5. The van der Waals surface area contributed by atoms with Gasteiger partial charge in [-0.25, -0.2) is 4.98 Å². The number of aromatic nitrogens is 1. The molecule has 0 aliphatic carbocycles. The lowest BCUT2D eigenvalue weighted by atomic mass is 10.1. The molecular weight excluding hydrogens is 292 g/mol. The Labute approximate surface area is 136 Å². The fourth-order valence-electron chi connectivity index (χ4n) is 2.32. The molecular formula is C18H24N2OS. The number of carbonyl (C=O) groups is 1. The zero-order valence-electron chi connectivity index (χ0n) is 13.2. The zero-order chi connectivity index (χ0) is 15.6. The summed E-state index contributed by atoms with van der Waals surface area (Å²) in [5, 5.41) is 5.57. The van der Waals surface area contributed by atoms with Crippen LogP contribution < -0.4 is 5.32 Å². The summed E-state index contributed by atoms with van der Waals surface area (Å²) >= 11 is 1.48. The molecule has 0 saturated heterocycles. The van der Waals surface area contributed by atoms with Crippen molar-refractivity contribution in [3.8, 4) is 11.3 Å². The molecule has 0 fully saturated rings. The highest BCUT2D eigenvalue weighted by Gasteiger charge is 2.07. The van der Waals surface area contributed by atoms with Crippen molar-refractivity contribution in [2.45, 2.75) is 51.9 Å². The summed E-state index contributed by atoms with van der Waals surface area (Å²) in [5.74, 6) is 0.0736. The van der Waals surface area contributed by atoms with E-state index in [4.69, 9.17) is 0 Å². The summed E-state index contributed by atoms with van der Waals surface area (Å²) < 4.78 is 0. The molecule has 118 valence electrons. The van der Waals surface area contributed by atoms with E-state index in [0.29, 0.717) is 11.6 Å². The third-order valence-electron chi connectivity index (χ3n) is 3.58. The normalized spacial score (nSPS) is 10.6. The van der Waals surface area contributed by atoms with Gasteiger partial charge in [-0.15, -0.1) is 11.3 Å². The van der Waals surface area contributed by atoms with Gasteiger partial charge in [-0.2, -0.15) is 0 Å². The molecule has 1 heterocycles. The number of nitrogens with zero attached hydrogens (tertiary/aromatic N) is 1.